The Morgan fingerprint density at radius 3 is 2.41 bits per heavy atom. The molecule has 2 N–H and O–H groups in total. The molecule has 17 heavy (non-hydrogen) atoms. The van der Waals surface area contributed by atoms with Crippen LogP contribution in [-0.4, -0.2) is 7.11 Å². The molecular formula is C13H11FNO2. The van der Waals surface area contributed by atoms with Crippen molar-refractivity contribution in [2.45, 2.75) is 0 Å². The number of para-hydroxylation sites is 2. The molecule has 0 unspecified atom stereocenters. The molecule has 87 valence electrons. The van der Waals surface area contributed by atoms with Crippen LogP contribution in [0.5, 0.6) is 17.2 Å². The van der Waals surface area contributed by atoms with Crippen LogP contribution < -0.4 is 15.2 Å². The minimum atomic E-state index is -0.519. The van der Waals surface area contributed by atoms with Gasteiger partial charge in [-0.3, -0.25) is 0 Å². The summed E-state index contributed by atoms with van der Waals surface area (Å²) in [6, 6.07) is 12.2. The summed E-state index contributed by atoms with van der Waals surface area (Å²) in [5.74, 6) is 0.920. The van der Waals surface area contributed by atoms with E-state index in [9.17, 15) is 4.39 Å². The second-order valence-corrected chi connectivity index (χ2v) is 3.34. The lowest BCUT2D eigenvalue weighted by Crippen LogP contribution is -1.95. The van der Waals surface area contributed by atoms with Gasteiger partial charge in [-0.1, -0.05) is 12.1 Å². The summed E-state index contributed by atoms with van der Waals surface area (Å²) in [6.45, 7) is 0. The lowest BCUT2D eigenvalue weighted by atomic mass is 10.3. The number of halogens is 1. The molecule has 2 aromatic carbocycles. The molecule has 2 aromatic rings. The molecule has 0 aliphatic heterocycles. The first-order chi connectivity index (χ1) is 8.20. The Morgan fingerprint density at radius 1 is 1.06 bits per heavy atom. The van der Waals surface area contributed by atoms with E-state index in [0.717, 1.165) is 0 Å². The summed E-state index contributed by atoms with van der Waals surface area (Å²) in [4.78, 5) is 0. The van der Waals surface area contributed by atoms with Crippen molar-refractivity contribution in [1.29, 1.82) is 0 Å². The fourth-order valence-electron chi connectivity index (χ4n) is 1.38. The minimum absolute atomic E-state index is 0.121. The molecule has 0 bridgehead atoms. The van der Waals surface area contributed by atoms with Gasteiger partial charge in [-0.2, -0.15) is 0 Å². The highest BCUT2D eigenvalue weighted by Gasteiger charge is 2.07. The van der Waals surface area contributed by atoms with Crippen molar-refractivity contribution in [3.8, 4) is 17.2 Å². The van der Waals surface area contributed by atoms with Gasteiger partial charge in [-0.05, 0) is 24.3 Å². The van der Waals surface area contributed by atoms with Crippen LogP contribution in [0.1, 0.15) is 0 Å². The topological polar surface area (TPSA) is 44.5 Å². The van der Waals surface area contributed by atoms with Crippen LogP contribution in [0.2, 0.25) is 0 Å². The first-order valence-corrected chi connectivity index (χ1v) is 4.99. The molecule has 3 nitrogen and oxygen atoms in total. The average Bonchev–Trinajstić information content (AvgIpc) is 2.33. The fraction of sp³-hybridized carbons (Fsp3) is 0.0769. The van der Waals surface area contributed by atoms with Crippen LogP contribution in [0, 0.1) is 11.9 Å². The summed E-state index contributed by atoms with van der Waals surface area (Å²) in [5, 5.41) is 0. The highest BCUT2D eigenvalue weighted by molar-refractivity contribution is 5.54. The van der Waals surface area contributed by atoms with E-state index < -0.39 is 5.82 Å². The molecular weight excluding hydrogens is 221 g/mol. The summed E-state index contributed by atoms with van der Waals surface area (Å²) < 4.78 is 23.5. The molecule has 1 radical (unpaired) electrons. The summed E-state index contributed by atoms with van der Waals surface area (Å²) in [5.41, 5.74) is 5.72. The van der Waals surface area contributed by atoms with Gasteiger partial charge >= 0.3 is 0 Å². The Morgan fingerprint density at radius 2 is 1.76 bits per heavy atom. The third-order valence-electron chi connectivity index (χ3n) is 2.19. The quantitative estimate of drug-likeness (QED) is 0.827. The number of benzene rings is 2. The van der Waals surface area contributed by atoms with Crippen LogP contribution in [0.25, 0.3) is 0 Å². The van der Waals surface area contributed by atoms with Crippen molar-refractivity contribution < 1.29 is 13.9 Å². The molecule has 0 amide bonds. The molecule has 4 heteroatoms. The van der Waals surface area contributed by atoms with Crippen LogP contribution in [0.3, 0.4) is 0 Å². The number of hydrogen-bond donors (Lipinski definition) is 1. The highest BCUT2D eigenvalue weighted by atomic mass is 19.1. The number of rotatable bonds is 3. The molecule has 0 aliphatic rings. The SMILES string of the molecule is COc1ccccc1Oc1ccc(F)[c]c1N. The zero-order chi connectivity index (χ0) is 12.3. The smallest absolute Gasteiger partial charge is 0.169 e. The molecule has 0 saturated carbocycles. The third kappa shape index (κ3) is 2.47. The lowest BCUT2D eigenvalue weighted by molar-refractivity contribution is 0.379. The predicted molar refractivity (Wildman–Crippen MR) is 62.7 cm³/mol. The molecule has 0 saturated heterocycles. The number of ether oxygens (including phenoxy) is 2. The van der Waals surface area contributed by atoms with Crippen LogP contribution in [0.4, 0.5) is 10.1 Å². The Labute approximate surface area is 98.6 Å². The Balaban J connectivity index is 2.31. The van der Waals surface area contributed by atoms with E-state index in [4.69, 9.17) is 15.2 Å². The predicted octanol–water partition coefficient (Wildman–Crippen LogP) is 3.01. The Bertz CT molecular complexity index is 529. The number of anilines is 1. The van der Waals surface area contributed by atoms with Crippen molar-refractivity contribution in [3.63, 3.8) is 0 Å². The number of nitrogens with two attached hydrogens (primary N) is 1. The molecule has 0 spiro atoms. The van der Waals surface area contributed by atoms with Crippen molar-refractivity contribution in [3.05, 3.63) is 48.3 Å². The van der Waals surface area contributed by atoms with Gasteiger partial charge in [0.05, 0.1) is 12.8 Å². The Kier molecular flexibility index (Phi) is 3.14. The van der Waals surface area contributed by atoms with E-state index in [0.29, 0.717) is 17.2 Å². The van der Waals surface area contributed by atoms with Crippen LogP contribution in [0.15, 0.2) is 36.4 Å². The van der Waals surface area contributed by atoms with E-state index >= 15 is 0 Å². The van der Waals surface area contributed by atoms with E-state index in [2.05, 4.69) is 6.07 Å². The zero-order valence-corrected chi connectivity index (χ0v) is 9.24. The first kappa shape index (κ1) is 11.3. The molecule has 0 fully saturated rings. The standard InChI is InChI=1S/C13H11FNO2/c1-16-12-4-2-3-5-13(12)17-11-7-6-9(14)8-10(11)15/h2-7H,15H2,1H3. The summed E-state index contributed by atoms with van der Waals surface area (Å²) in [6.07, 6.45) is 0. The second-order valence-electron chi connectivity index (χ2n) is 3.34. The van der Waals surface area contributed by atoms with Crippen molar-refractivity contribution in [2.75, 3.05) is 12.8 Å². The molecule has 2 rings (SSSR count). The zero-order valence-electron chi connectivity index (χ0n) is 9.24. The van der Waals surface area contributed by atoms with Gasteiger partial charge in [0.25, 0.3) is 0 Å². The maximum absolute atomic E-state index is 12.8. The van der Waals surface area contributed by atoms with Gasteiger partial charge in [0, 0.05) is 6.07 Å². The van der Waals surface area contributed by atoms with Gasteiger partial charge < -0.3 is 15.2 Å². The highest BCUT2D eigenvalue weighted by Crippen LogP contribution is 2.33. The number of nitrogen functional groups attached to an aromatic ring is 1. The Hall–Kier alpha value is -2.23. The number of methoxy groups -OCH3 is 1. The van der Waals surface area contributed by atoms with E-state index in [-0.39, 0.29) is 5.69 Å². The normalized spacial score (nSPS) is 10.0. The summed E-state index contributed by atoms with van der Waals surface area (Å²) in [7, 11) is 1.54. The third-order valence-corrected chi connectivity index (χ3v) is 2.19. The second kappa shape index (κ2) is 4.74. The van der Waals surface area contributed by atoms with E-state index in [1.165, 1.54) is 12.1 Å². The number of hydrogen-bond acceptors (Lipinski definition) is 3. The van der Waals surface area contributed by atoms with Crippen molar-refractivity contribution in [1.82, 2.24) is 0 Å². The minimum Gasteiger partial charge on any atom is -0.493 e. The fourth-order valence-corrected chi connectivity index (χ4v) is 1.38. The molecule has 0 aliphatic carbocycles. The molecule has 0 aromatic heterocycles. The van der Waals surface area contributed by atoms with E-state index in [1.54, 1.807) is 25.3 Å². The monoisotopic (exact) mass is 232 g/mol. The average molecular weight is 232 g/mol. The summed E-state index contributed by atoms with van der Waals surface area (Å²) >= 11 is 0. The molecule has 0 atom stereocenters. The first-order valence-electron chi connectivity index (χ1n) is 4.99. The largest absolute Gasteiger partial charge is 0.493 e. The van der Waals surface area contributed by atoms with Gasteiger partial charge in [0.15, 0.2) is 17.2 Å². The molecule has 0 heterocycles. The maximum Gasteiger partial charge on any atom is 0.169 e. The van der Waals surface area contributed by atoms with E-state index in [1.807, 2.05) is 6.07 Å². The van der Waals surface area contributed by atoms with Gasteiger partial charge in [0.1, 0.15) is 5.82 Å². The van der Waals surface area contributed by atoms with Gasteiger partial charge in [0.2, 0.25) is 0 Å². The maximum atomic E-state index is 12.8. The van der Waals surface area contributed by atoms with Crippen LogP contribution in [-0.2, 0) is 0 Å². The van der Waals surface area contributed by atoms with Gasteiger partial charge in [-0.25, -0.2) is 4.39 Å². The van der Waals surface area contributed by atoms with Gasteiger partial charge in [-0.15, -0.1) is 0 Å². The van der Waals surface area contributed by atoms with Crippen molar-refractivity contribution in [2.24, 2.45) is 0 Å². The van der Waals surface area contributed by atoms with Crippen LogP contribution >= 0.6 is 0 Å². The lowest BCUT2D eigenvalue weighted by Gasteiger charge is -2.11. The van der Waals surface area contributed by atoms with Crippen molar-refractivity contribution >= 4 is 5.69 Å².